The third-order valence-corrected chi connectivity index (χ3v) is 3.50. The first-order valence-corrected chi connectivity index (χ1v) is 7.78. The van der Waals surface area contributed by atoms with Crippen molar-refractivity contribution in [1.82, 2.24) is 20.5 Å². The van der Waals surface area contributed by atoms with Crippen LogP contribution < -0.4 is 10.1 Å². The highest BCUT2D eigenvalue weighted by molar-refractivity contribution is 7.99. The molecule has 2 rings (SSSR count). The first kappa shape index (κ1) is 16.1. The van der Waals surface area contributed by atoms with E-state index in [0.717, 1.165) is 10.7 Å². The summed E-state index contributed by atoms with van der Waals surface area (Å²) < 4.78 is 5.60. The minimum Gasteiger partial charge on any atom is -0.488 e. The maximum absolute atomic E-state index is 12.2. The summed E-state index contributed by atoms with van der Waals surface area (Å²) in [6, 6.07) is 7.17. The van der Waals surface area contributed by atoms with E-state index >= 15 is 0 Å². The Morgan fingerprint density at radius 1 is 1.45 bits per heavy atom. The van der Waals surface area contributed by atoms with Crippen molar-refractivity contribution < 1.29 is 9.53 Å². The van der Waals surface area contributed by atoms with Crippen LogP contribution in [0.2, 0.25) is 0 Å². The van der Waals surface area contributed by atoms with E-state index in [1.807, 2.05) is 19.1 Å². The van der Waals surface area contributed by atoms with Gasteiger partial charge in [0.05, 0.1) is 5.56 Å². The molecule has 0 spiro atoms. The number of aromatic amines is 1. The molecule has 1 heterocycles. The normalized spacial score (nSPS) is 10.2. The number of rotatable bonds is 8. The van der Waals surface area contributed by atoms with Gasteiger partial charge in [-0.15, -0.1) is 0 Å². The van der Waals surface area contributed by atoms with Gasteiger partial charge in [0.25, 0.3) is 5.91 Å². The lowest BCUT2D eigenvalue weighted by molar-refractivity contribution is 0.0952. The summed E-state index contributed by atoms with van der Waals surface area (Å²) >= 11 is 1.50. The molecule has 0 aliphatic heterocycles. The van der Waals surface area contributed by atoms with Crippen LogP contribution in [0.4, 0.5) is 0 Å². The Hall–Kier alpha value is -2.28. The number of H-pyrrole nitrogens is 1. The monoisotopic (exact) mass is 318 g/mol. The molecule has 1 amide bonds. The maximum Gasteiger partial charge on any atom is 0.255 e. The number of carbonyl (C=O) groups is 1. The van der Waals surface area contributed by atoms with Crippen LogP contribution in [0, 0.1) is 0 Å². The molecule has 2 aromatic rings. The van der Waals surface area contributed by atoms with Crippen LogP contribution in [-0.2, 0) is 0 Å². The van der Waals surface area contributed by atoms with E-state index in [4.69, 9.17) is 4.74 Å². The average Bonchev–Trinajstić information content (AvgIpc) is 3.03. The summed E-state index contributed by atoms with van der Waals surface area (Å²) in [6.45, 7) is 6.59. The smallest absolute Gasteiger partial charge is 0.255 e. The summed E-state index contributed by atoms with van der Waals surface area (Å²) in [5.41, 5.74) is 1.42. The van der Waals surface area contributed by atoms with Gasteiger partial charge in [0.2, 0.25) is 0 Å². The number of para-hydroxylation sites is 1. The van der Waals surface area contributed by atoms with E-state index in [0.29, 0.717) is 30.2 Å². The van der Waals surface area contributed by atoms with Crippen molar-refractivity contribution in [2.45, 2.75) is 12.1 Å². The van der Waals surface area contributed by atoms with Crippen LogP contribution in [-0.4, -0.2) is 40.0 Å². The zero-order chi connectivity index (χ0) is 15.8. The van der Waals surface area contributed by atoms with Gasteiger partial charge >= 0.3 is 0 Å². The zero-order valence-electron chi connectivity index (χ0n) is 12.3. The fraction of sp³-hybridized carbons (Fsp3) is 0.267. The summed E-state index contributed by atoms with van der Waals surface area (Å²) in [5, 5.41) is 10.1. The fourth-order valence-electron chi connectivity index (χ4n) is 1.65. The molecule has 1 aromatic heterocycles. The summed E-state index contributed by atoms with van der Waals surface area (Å²) in [6.07, 6.45) is 1.45. The van der Waals surface area contributed by atoms with Crippen molar-refractivity contribution in [3.8, 4) is 5.75 Å². The molecule has 0 saturated carbocycles. The van der Waals surface area contributed by atoms with E-state index in [9.17, 15) is 4.79 Å². The Labute approximate surface area is 133 Å². The number of benzene rings is 1. The lowest BCUT2D eigenvalue weighted by atomic mass is 10.2. The maximum atomic E-state index is 12.2. The lowest BCUT2D eigenvalue weighted by Gasteiger charge is -2.11. The second kappa shape index (κ2) is 8.23. The Kier molecular flexibility index (Phi) is 6.02. The van der Waals surface area contributed by atoms with Gasteiger partial charge in [-0.05, 0) is 24.6 Å². The highest BCUT2D eigenvalue weighted by Gasteiger charge is 2.11. The van der Waals surface area contributed by atoms with Gasteiger partial charge in [-0.3, -0.25) is 9.89 Å². The van der Waals surface area contributed by atoms with E-state index in [-0.39, 0.29) is 5.91 Å². The van der Waals surface area contributed by atoms with E-state index in [1.165, 1.54) is 18.1 Å². The summed E-state index contributed by atoms with van der Waals surface area (Å²) in [4.78, 5) is 16.2. The highest BCUT2D eigenvalue weighted by Crippen LogP contribution is 2.18. The van der Waals surface area contributed by atoms with Crippen LogP contribution in [0.3, 0.4) is 0 Å². The molecule has 7 heteroatoms. The van der Waals surface area contributed by atoms with Crippen molar-refractivity contribution in [3.05, 3.63) is 48.3 Å². The molecular weight excluding hydrogens is 300 g/mol. The number of hydrogen-bond donors (Lipinski definition) is 2. The second-order valence-corrected chi connectivity index (χ2v) is 5.72. The average molecular weight is 318 g/mol. The first-order valence-electron chi connectivity index (χ1n) is 6.79. The zero-order valence-corrected chi connectivity index (χ0v) is 13.2. The van der Waals surface area contributed by atoms with Crippen molar-refractivity contribution in [1.29, 1.82) is 0 Å². The van der Waals surface area contributed by atoms with Gasteiger partial charge < -0.3 is 10.1 Å². The Balaban J connectivity index is 1.84. The first-order chi connectivity index (χ1) is 10.7. The molecule has 0 unspecified atom stereocenters. The standard InChI is InChI=1S/C15H18N4O2S/c1-11(2)9-21-13-6-4-3-5-12(13)14(20)16-7-8-22-15-17-10-18-19-15/h3-6,10H,1,7-9H2,2H3,(H,16,20)(H,17,18,19). The van der Waals surface area contributed by atoms with E-state index in [1.54, 1.807) is 12.1 Å². The van der Waals surface area contributed by atoms with Crippen LogP contribution in [0.25, 0.3) is 0 Å². The number of ether oxygens (including phenoxy) is 1. The molecule has 6 nitrogen and oxygen atoms in total. The molecule has 0 saturated heterocycles. The molecule has 0 radical (unpaired) electrons. The lowest BCUT2D eigenvalue weighted by Crippen LogP contribution is -2.26. The molecular formula is C15H18N4O2S. The fourth-order valence-corrected chi connectivity index (χ4v) is 2.29. The molecule has 1 aromatic carbocycles. The molecule has 116 valence electrons. The van der Waals surface area contributed by atoms with E-state index in [2.05, 4.69) is 27.1 Å². The third-order valence-electron chi connectivity index (χ3n) is 2.63. The highest BCUT2D eigenvalue weighted by atomic mass is 32.2. The van der Waals surface area contributed by atoms with Gasteiger partial charge in [-0.2, -0.15) is 5.10 Å². The number of nitrogens with zero attached hydrogens (tertiary/aromatic N) is 2. The topological polar surface area (TPSA) is 79.9 Å². The summed E-state index contributed by atoms with van der Waals surface area (Å²) in [5.74, 6) is 1.11. The van der Waals surface area contributed by atoms with Crippen LogP contribution in [0.15, 0.2) is 47.9 Å². The molecule has 0 atom stereocenters. The van der Waals surface area contributed by atoms with Crippen LogP contribution >= 0.6 is 11.8 Å². The molecule has 0 fully saturated rings. The van der Waals surface area contributed by atoms with E-state index < -0.39 is 0 Å². The van der Waals surface area contributed by atoms with Crippen LogP contribution in [0.1, 0.15) is 17.3 Å². The Morgan fingerprint density at radius 2 is 2.27 bits per heavy atom. The second-order valence-electron chi connectivity index (χ2n) is 4.64. The van der Waals surface area contributed by atoms with Gasteiger partial charge in [0, 0.05) is 12.3 Å². The van der Waals surface area contributed by atoms with Crippen molar-refractivity contribution >= 4 is 17.7 Å². The molecule has 0 aliphatic carbocycles. The third kappa shape index (κ3) is 4.92. The van der Waals surface area contributed by atoms with Gasteiger partial charge in [0.15, 0.2) is 5.16 Å². The van der Waals surface area contributed by atoms with Crippen molar-refractivity contribution in [2.75, 3.05) is 18.9 Å². The number of aromatic nitrogens is 3. The molecule has 2 N–H and O–H groups in total. The van der Waals surface area contributed by atoms with Gasteiger partial charge in [0.1, 0.15) is 18.7 Å². The number of carbonyl (C=O) groups excluding carboxylic acids is 1. The predicted molar refractivity (Wildman–Crippen MR) is 86.2 cm³/mol. The predicted octanol–water partition coefficient (Wildman–Crippen LogP) is 2.28. The number of thioether (sulfide) groups is 1. The summed E-state index contributed by atoms with van der Waals surface area (Å²) in [7, 11) is 0. The number of hydrogen-bond acceptors (Lipinski definition) is 5. The van der Waals surface area contributed by atoms with Crippen LogP contribution in [0.5, 0.6) is 5.75 Å². The van der Waals surface area contributed by atoms with Gasteiger partial charge in [-0.25, -0.2) is 4.98 Å². The molecule has 22 heavy (non-hydrogen) atoms. The molecule has 0 bridgehead atoms. The van der Waals surface area contributed by atoms with Crippen molar-refractivity contribution in [3.63, 3.8) is 0 Å². The number of amides is 1. The minimum atomic E-state index is -0.157. The largest absolute Gasteiger partial charge is 0.488 e. The minimum absolute atomic E-state index is 0.157. The Bertz CT molecular complexity index is 628. The Morgan fingerprint density at radius 3 is 3.00 bits per heavy atom. The van der Waals surface area contributed by atoms with Gasteiger partial charge in [-0.1, -0.05) is 30.5 Å². The SMILES string of the molecule is C=C(C)COc1ccccc1C(=O)NCCSc1ncn[nH]1. The van der Waals surface area contributed by atoms with Crippen molar-refractivity contribution in [2.24, 2.45) is 0 Å². The quantitative estimate of drug-likeness (QED) is 0.443. The molecule has 0 aliphatic rings. The number of nitrogens with one attached hydrogen (secondary N) is 2.